The third kappa shape index (κ3) is 0.856. The second-order valence-corrected chi connectivity index (χ2v) is 2.46. The molecule has 1 radical (unpaired) electrons. The smallest absolute Gasteiger partial charge is 0.0651 e. The summed E-state index contributed by atoms with van der Waals surface area (Å²) in [6, 6.07) is 0. The van der Waals surface area contributed by atoms with Crippen LogP contribution in [0.15, 0.2) is 28.5 Å². The summed E-state index contributed by atoms with van der Waals surface area (Å²) < 4.78 is 0. The van der Waals surface area contributed by atoms with E-state index in [1.165, 1.54) is 5.57 Å². The molecule has 2 nitrogen and oxygen atoms in total. The van der Waals surface area contributed by atoms with Gasteiger partial charge in [-0.1, -0.05) is 0 Å². The Morgan fingerprint density at radius 3 is 3.30 bits per heavy atom. The minimum atomic E-state index is 0.802. The molecule has 0 N–H and O–H groups in total. The van der Waals surface area contributed by atoms with Crippen molar-refractivity contribution in [3.8, 4) is 0 Å². The van der Waals surface area contributed by atoms with Crippen molar-refractivity contribution in [2.45, 2.75) is 12.8 Å². The molecule has 0 aromatic carbocycles. The molecule has 51 valence electrons. The van der Waals surface area contributed by atoms with Gasteiger partial charge in [0.2, 0.25) is 0 Å². The van der Waals surface area contributed by atoms with Crippen LogP contribution in [0.5, 0.6) is 0 Å². The second-order valence-electron chi connectivity index (χ2n) is 2.46. The summed E-state index contributed by atoms with van der Waals surface area (Å²) in [5.74, 6) is 0. The van der Waals surface area contributed by atoms with Gasteiger partial charge < -0.3 is 0 Å². The molecule has 0 aromatic heterocycles. The Hall–Kier alpha value is -1.05. The molecule has 0 saturated carbocycles. The van der Waals surface area contributed by atoms with Crippen LogP contribution in [-0.4, -0.2) is 12.8 Å². The van der Waals surface area contributed by atoms with Crippen LogP contribution in [0.4, 0.5) is 0 Å². The zero-order valence-corrected chi connectivity index (χ0v) is 5.75. The van der Waals surface area contributed by atoms with Crippen molar-refractivity contribution in [2.24, 2.45) is 4.99 Å². The van der Waals surface area contributed by atoms with Gasteiger partial charge in [0.05, 0.1) is 12.2 Å². The monoisotopic (exact) mass is 133 g/mol. The summed E-state index contributed by atoms with van der Waals surface area (Å²) in [5.41, 5.74) is 2.44. The van der Waals surface area contributed by atoms with Crippen molar-refractivity contribution in [1.82, 2.24) is 5.32 Å². The van der Waals surface area contributed by atoms with Gasteiger partial charge in [0.1, 0.15) is 0 Å². The van der Waals surface area contributed by atoms with Crippen LogP contribution in [0.2, 0.25) is 0 Å². The highest BCUT2D eigenvalue weighted by atomic mass is 14.9. The molecular weight excluding hydrogens is 124 g/mol. The van der Waals surface area contributed by atoms with E-state index in [1.54, 1.807) is 0 Å². The van der Waals surface area contributed by atoms with E-state index in [0.29, 0.717) is 0 Å². The van der Waals surface area contributed by atoms with E-state index in [-0.39, 0.29) is 0 Å². The van der Waals surface area contributed by atoms with E-state index in [2.05, 4.69) is 16.4 Å². The lowest BCUT2D eigenvalue weighted by Gasteiger charge is -2.14. The van der Waals surface area contributed by atoms with Crippen molar-refractivity contribution in [2.75, 3.05) is 6.54 Å². The Kier molecular flexibility index (Phi) is 1.31. The number of hydrogen-bond donors (Lipinski definition) is 0. The first-order valence-corrected chi connectivity index (χ1v) is 3.55. The van der Waals surface area contributed by atoms with E-state index in [0.717, 1.165) is 25.1 Å². The van der Waals surface area contributed by atoms with Gasteiger partial charge >= 0.3 is 0 Å². The molecule has 0 unspecified atom stereocenters. The lowest BCUT2D eigenvalue weighted by molar-refractivity contribution is 0.863. The van der Waals surface area contributed by atoms with Gasteiger partial charge in [0, 0.05) is 12.4 Å². The Morgan fingerprint density at radius 1 is 1.40 bits per heavy atom. The third-order valence-corrected chi connectivity index (χ3v) is 1.74. The van der Waals surface area contributed by atoms with Crippen LogP contribution in [0.25, 0.3) is 0 Å². The fourth-order valence-electron chi connectivity index (χ4n) is 1.21. The highest BCUT2D eigenvalue weighted by molar-refractivity contribution is 5.64. The number of hydrogen-bond acceptors (Lipinski definition) is 1. The first kappa shape index (κ1) is 5.71. The van der Waals surface area contributed by atoms with Crippen LogP contribution < -0.4 is 5.32 Å². The largest absolute Gasteiger partial charge is 0.289 e. The zero-order chi connectivity index (χ0) is 6.81. The van der Waals surface area contributed by atoms with Gasteiger partial charge in [-0.2, -0.15) is 0 Å². The summed E-state index contributed by atoms with van der Waals surface area (Å²) in [4.78, 5) is 4.26. The fraction of sp³-hybridized carbons (Fsp3) is 0.375. The van der Waals surface area contributed by atoms with Crippen LogP contribution in [0.3, 0.4) is 0 Å². The van der Waals surface area contributed by atoms with Crippen molar-refractivity contribution in [3.05, 3.63) is 23.5 Å². The average molecular weight is 133 g/mol. The van der Waals surface area contributed by atoms with E-state index in [1.807, 2.05) is 12.4 Å². The lowest BCUT2D eigenvalue weighted by Crippen LogP contribution is -2.08. The molecule has 0 fully saturated rings. The molecule has 0 saturated heterocycles. The SMILES string of the molecule is C1=NC2=CC[N]C=C2CC1. The van der Waals surface area contributed by atoms with Crippen molar-refractivity contribution >= 4 is 6.21 Å². The quantitative estimate of drug-likeness (QED) is 0.475. The lowest BCUT2D eigenvalue weighted by atomic mass is 10.0. The number of nitrogens with zero attached hydrogens (tertiary/aromatic N) is 2. The highest BCUT2D eigenvalue weighted by Gasteiger charge is 2.09. The van der Waals surface area contributed by atoms with E-state index in [4.69, 9.17) is 0 Å². The van der Waals surface area contributed by atoms with Gasteiger partial charge in [-0.15, -0.1) is 0 Å². The highest BCUT2D eigenvalue weighted by Crippen LogP contribution is 2.21. The minimum Gasteiger partial charge on any atom is -0.289 e. The molecule has 0 aromatic rings. The molecule has 0 aliphatic carbocycles. The summed E-state index contributed by atoms with van der Waals surface area (Å²) in [6.07, 6.45) is 8.18. The first-order valence-electron chi connectivity index (χ1n) is 3.55. The van der Waals surface area contributed by atoms with E-state index in [9.17, 15) is 0 Å². The third-order valence-electron chi connectivity index (χ3n) is 1.74. The fourth-order valence-corrected chi connectivity index (χ4v) is 1.21. The molecular formula is C8H9N2. The zero-order valence-electron chi connectivity index (χ0n) is 5.75. The standard InChI is InChI=1S/C8H9N2/c1-2-7-6-9-5-3-8(7)10-4-1/h3-4,6H,1-2,5H2. The van der Waals surface area contributed by atoms with Gasteiger partial charge in [-0.25, -0.2) is 0 Å². The summed E-state index contributed by atoms with van der Waals surface area (Å²) in [6.45, 7) is 0.802. The van der Waals surface area contributed by atoms with Gasteiger partial charge in [-0.3, -0.25) is 10.3 Å². The van der Waals surface area contributed by atoms with E-state index >= 15 is 0 Å². The first-order chi connectivity index (χ1) is 4.97. The van der Waals surface area contributed by atoms with Crippen LogP contribution in [0, 0.1) is 0 Å². The minimum absolute atomic E-state index is 0.802. The normalized spacial score (nSPS) is 22.4. The van der Waals surface area contributed by atoms with Gasteiger partial charge in [-0.05, 0) is 24.5 Å². The molecule has 2 aliphatic rings. The number of fused-ring (bicyclic) bond motifs is 1. The average Bonchev–Trinajstić information content (AvgIpc) is 2.05. The Bertz CT molecular complexity index is 223. The molecule has 0 atom stereocenters. The van der Waals surface area contributed by atoms with Crippen LogP contribution in [0.1, 0.15) is 12.8 Å². The predicted octanol–water partition coefficient (Wildman–Crippen LogP) is 1.24. The molecule has 0 spiro atoms. The number of aliphatic imine (C=N–C) groups is 1. The Morgan fingerprint density at radius 2 is 2.40 bits per heavy atom. The maximum absolute atomic E-state index is 4.26. The molecule has 0 bridgehead atoms. The maximum Gasteiger partial charge on any atom is 0.0651 e. The number of allylic oxidation sites excluding steroid dienone is 1. The Balaban J connectivity index is 2.33. The topological polar surface area (TPSA) is 26.5 Å². The molecule has 10 heavy (non-hydrogen) atoms. The summed E-state index contributed by atoms with van der Waals surface area (Å²) in [5, 5.41) is 4.15. The maximum atomic E-state index is 4.26. The second kappa shape index (κ2) is 2.29. The molecule has 2 heterocycles. The van der Waals surface area contributed by atoms with Gasteiger partial charge in [0.25, 0.3) is 0 Å². The molecule has 2 rings (SSSR count). The molecule has 2 aliphatic heterocycles. The van der Waals surface area contributed by atoms with E-state index < -0.39 is 0 Å². The Labute approximate surface area is 60.3 Å². The van der Waals surface area contributed by atoms with Crippen LogP contribution >= 0.6 is 0 Å². The summed E-state index contributed by atoms with van der Waals surface area (Å²) in [7, 11) is 0. The van der Waals surface area contributed by atoms with Gasteiger partial charge in [0.15, 0.2) is 0 Å². The van der Waals surface area contributed by atoms with Crippen molar-refractivity contribution in [1.29, 1.82) is 0 Å². The van der Waals surface area contributed by atoms with Crippen molar-refractivity contribution in [3.63, 3.8) is 0 Å². The molecule has 2 heteroatoms. The summed E-state index contributed by atoms with van der Waals surface area (Å²) >= 11 is 0. The molecule has 0 amide bonds. The number of rotatable bonds is 0. The predicted molar refractivity (Wildman–Crippen MR) is 40.9 cm³/mol. The van der Waals surface area contributed by atoms with Crippen LogP contribution in [-0.2, 0) is 0 Å². The van der Waals surface area contributed by atoms with Crippen molar-refractivity contribution < 1.29 is 0 Å².